The third kappa shape index (κ3) is 63.1. The van der Waals surface area contributed by atoms with Gasteiger partial charge in [-0.2, -0.15) is 26.3 Å². The van der Waals surface area contributed by atoms with Gasteiger partial charge in [0.25, 0.3) is 0 Å². The standard InChI is InChI=1S/C6H14O3.C5H9F3O2.C3H7O2.C2H2F3O/c1-7-3-5-9-6-4-8-2;1-9-2-3-10-4-5(6,7)8;1-5-3-2-4;3-2(4,5)1-6/h3-6H2,1-2H3;2-4H2,1H3;2-3H2,1H3;1H2/q;;2*-1. The minimum atomic E-state index is -4.51. The summed E-state index contributed by atoms with van der Waals surface area (Å²) in [4.78, 5) is 0. The Hall–Kier alpha value is -0.740. The van der Waals surface area contributed by atoms with Crippen LogP contribution in [0.4, 0.5) is 26.3 Å². The number of hydrogen-bond donors (Lipinski definition) is 0. The molecule has 0 unspecified atom stereocenters. The Labute approximate surface area is 172 Å². The van der Waals surface area contributed by atoms with Gasteiger partial charge in [0.15, 0.2) is 0 Å². The van der Waals surface area contributed by atoms with Crippen LogP contribution in [0.3, 0.4) is 0 Å². The first kappa shape index (κ1) is 36.6. The fraction of sp³-hybridized carbons (Fsp3) is 1.00. The first-order valence-corrected chi connectivity index (χ1v) is 8.36. The van der Waals surface area contributed by atoms with E-state index in [1.165, 1.54) is 14.2 Å². The lowest BCUT2D eigenvalue weighted by atomic mass is 10.7. The van der Waals surface area contributed by atoms with Crippen LogP contribution in [0.5, 0.6) is 0 Å². The first-order chi connectivity index (χ1) is 13.9. The molecule has 0 radical (unpaired) electrons. The highest BCUT2D eigenvalue weighted by molar-refractivity contribution is 4.44. The van der Waals surface area contributed by atoms with Crippen LogP contribution >= 0.6 is 0 Å². The Morgan fingerprint density at radius 1 is 0.533 bits per heavy atom. The maximum Gasteiger partial charge on any atom is 0.411 e. The number of rotatable bonds is 12. The third-order valence-electron chi connectivity index (χ3n) is 2.01. The van der Waals surface area contributed by atoms with Gasteiger partial charge in [-0.25, -0.2) is 0 Å². The van der Waals surface area contributed by atoms with Gasteiger partial charge in [-0.15, -0.1) is 6.61 Å². The molecular weight excluding hydrogens is 434 g/mol. The average molecular weight is 466 g/mol. The molecule has 0 rings (SSSR count). The molecule has 14 heteroatoms. The lowest BCUT2D eigenvalue weighted by Gasteiger charge is -2.06. The van der Waals surface area contributed by atoms with Crippen molar-refractivity contribution in [2.45, 2.75) is 12.4 Å². The topological polar surface area (TPSA) is 102 Å². The van der Waals surface area contributed by atoms with Gasteiger partial charge in [-0.05, 0) is 6.61 Å². The molecule has 0 aromatic rings. The summed E-state index contributed by atoms with van der Waals surface area (Å²) in [5.74, 6) is 0. The fourth-order valence-electron chi connectivity index (χ4n) is 0.800. The number of halogens is 6. The first-order valence-electron chi connectivity index (χ1n) is 8.36. The second-order valence-corrected chi connectivity index (χ2v) is 4.71. The van der Waals surface area contributed by atoms with Crippen LogP contribution in [0.15, 0.2) is 0 Å². The van der Waals surface area contributed by atoms with Crippen LogP contribution in [-0.4, -0.2) is 107 Å². The summed E-state index contributed by atoms with van der Waals surface area (Å²) >= 11 is 0. The number of methoxy groups -OCH3 is 4. The lowest BCUT2D eigenvalue weighted by Crippen LogP contribution is -2.24. The molecule has 0 fully saturated rings. The third-order valence-corrected chi connectivity index (χ3v) is 2.01. The molecule has 0 bridgehead atoms. The van der Waals surface area contributed by atoms with Crippen LogP contribution in [0.25, 0.3) is 0 Å². The highest BCUT2D eigenvalue weighted by Crippen LogP contribution is 2.13. The molecule has 0 heterocycles. The zero-order valence-electron chi connectivity index (χ0n) is 17.6. The molecule has 0 spiro atoms. The average Bonchev–Trinajstić information content (AvgIpc) is 2.66. The predicted octanol–water partition coefficient (Wildman–Crippen LogP) is 0.410. The molecule has 8 nitrogen and oxygen atoms in total. The highest BCUT2D eigenvalue weighted by atomic mass is 19.4. The van der Waals surface area contributed by atoms with Crippen molar-refractivity contribution in [3.05, 3.63) is 0 Å². The molecule has 0 saturated carbocycles. The summed E-state index contributed by atoms with van der Waals surface area (Å²) in [5, 5.41) is 18.2. The van der Waals surface area contributed by atoms with E-state index < -0.39 is 25.6 Å². The van der Waals surface area contributed by atoms with E-state index in [9.17, 15) is 31.4 Å². The molecule has 188 valence electrons. The van der Waals surface area contributed by atoms with Crippen molar-refractivity contribution in [2.75, 3.05) is 94.5 Å². The summed E-state index contributed by atoms with van der Waals surface area (Å²) in [7, 11) is 6.22. The summed E-state index contributed by atoms with van der Waals surface area (Å²) < 4.78 is 93.0. The Bertz CT molecular complexity index is 286. The lowest BCUT2D eigenvalue weighted by molar-refractivity contribution is -0.426. The molecule has 0 N–H and O–H groups in total. The van der Waals surface area contributed by atoms with Crippen molar-refractivity contribution in [1.82, 2.24) is 0 Å². The summed E-state index contributed by atoms with van der Waals surface area (Å²) in [6.07, 6.45) is -8.74. The summed E-state index contributed by atoms with van der Waals surface area (Å²) in [6, 6.07) is 0. The van der Waals surface area contributed by atoms with Crippen molar-refractivity contribution in [3.8, 4) is 0 Å². The molecule has 0 saturated heterocycles. The Morgan fingerprint density at radius 3 is 1.07 bits per heavy atom. The van der Waals surface area contributed by atoms with Crippen molar-refractivity contribution >= 4 is 0 Å². The van der Waals surface area contributed by atoms with Crippen molar-refractivity contribution in [2.24, 2.45) is 0 Å². The molecule has 0 aliphatic rings. The van der Waals surface area contributed by atoms with Crippen LogP contribution in [0.2, 0.25) is 0 Å². The Balaban J connectivity index is -0.000000156. The maximum absolute atomic E-state index is 11.3. The summed E-state index contributed by atoms with van der Waals surface area (Å²) in [6.45, 7) is -0.181. The van der Waals surface area contributed by atoms with Crippen molar-refractivity contribution < 1.29 is 65.0 Å². The highest BCUT2D eigenvalue weighted by Gasteiger charge is 2.27. The number of hydrogen-bond acceptors (Lipinski definition) is 8. The Morgan fingerprint density at radius 2 is 0.867 bits per heavy atom. The van der Waals surface area contributed by atoms with E-state index in [2.05, 4.69) is 14.2 Å². The van der Waals surface area contributed by atoms with Crippen LogP contribution in [0, 0.1) is 0 Å². The van der Waals surface area contributed by atoms with Gasteiger partial charge in [0.1, 0.15) is 6.61 Å². The van der Waals surface area contributed by atoms with Gasteiger partial charge in [-0.1, -0.05) is 0 Å². The van der Waals surface area contributed by atoms with E-state index in [0.717, 1.165) is 0 Å². The largest absolute Gasteiger partial charge is 0.853 e. The molecule has 0 atom stereocenters. The minimum absolute atomic E-state index is 0.0178. The monoisotopic (exact) mass is 466 g/mol. The van der Waals surface area contributed by atoms with Crippen LogP contribution in [-0.2, 0) is 28.4 Å². The van der Waals surface area contributed by atoms with E-state index in [-0.39, 0.29) is 19.8 Å². The van der Waals surface area contributed by atoms with E-state index in [0.29, 0.717) is 33.0 Å². The molecule has 0 aromatic carbocycles. The predicted molar refractivity (Wildman–Crippen MR) is 91.0 cm³/mol. The van der Waals surface area contributed by atoms with Gasteiger partial charge in [0, 0.05) is 35.0 Å². The molecule has 0 aromatic heterocycles. The van der Waals surface area contributed by atoms with E-state index in [1.54, 1.807) is 14.2 Å². The van der Waals surface area contributed by atoms with Crippen LogP contribution in [0.1, 0.15) is 0 Å². The van der Waals surface area contributed by atoms with Gasteiger partial charge in [0.2, 0.25) is 0 Å². The van der Waals surface area contributed by atoms with Crippen LogP contribution < -0.4 is 10.2 Å². The van der Waals surface area contributed by atoms with Crippen molar-refractivity contribution in [1.29, 1.82) is 0 Å². The SMILES string of the molecule is COCCOCC(F)(F)F.COCCOCCOC.COCC[O-].[O-]CC(F)(F)F. The molecular formula is C16H32F6O8-2. The van der Waals surface area contributed by atoms with E-state index in [1.807, 2.05) is 0 Å². The number of ether oxygens (including phenoxy) is 6. The second kappa shape index (κ2) is 28.3. The molecule has 0 aliphatic carbocycles. The second-order valence-electron chi connectivity index (χ2n) is 4.71. The zero-order valence-corrected chi connectivity index (χ0v) is 17.6. The number of alkyl halides is 6. The normalized spacial score (nSPS) is 10.8. The molecule has 0 amide bonds. The maximum atomic E-state index is 11.3. The van der Waals surface area contributed by atoms with E-state index >= 15 is 0 Å². The van der Waals surface area contributed by atoms with Gasteiger partial charge < -0.3 is 38.6 Å². The summed E-state index contributed by atoms with van der Waals surface area (Å²) in [5.41, 5.74) is 0. The molecule has 30 heavy (non-hydrogen) atoms. The van der Waals surface area contributed by atoms with Crippen molar-refractivity contribution in [3.63, 3.8) is 0 Å². The quantitative estimate of drug-likeness (QED) is 0.301. The smallest absolute Gasteiger partial charge is 0.411 e. The van der Waals surface area contributed by atoms with Gasteiger partial charge >= 0.3 is 12.4 Å². The van der Waals surface area contributed by atoms with Gasteiger partial charge in [-0.3, -0.25) is 0 Å². The zero-order chi connectivity index (χ0) is 24.3. The Kier molecular flexibility index (Phi) is 34.5. The fourth-order valence-corrected chi connectivity index (χ4v) is 0.800. The minimum Gasteiger partial charge on any atom is -0.853 e. The van der Waals surface area contributed by atoms with E-state index in [4.69, 9.17) is 19.3 Å². The molecule has 0 aliphatic heterocycles. The van der Waals surface area contributed by atoms with Gasteiger partial charge in [0.05, 0.1) is 39.6 Å².